The first kappa shape index (κ1) is 9.43. The lowest BCUT2D eigenvalue weighted by Gasteiger charge is -2.01. The molecule has 2 heterocycles. The molecule has 0 radical (unpaired) electrons. The average molecular weight is 229 g/mol. The van der Waals surface area contributed by atoms with Crippen molar-refractivity contribution in [2.75, 3.05) is 0 Å². The lowest BCUT2D eigenvalue weighted by molar-refractivity contribution is 1.35. The van der Waals surface area contributed by atoms with Crippen LogP contribution in [0.1, 0.15) is 0 Å². The summed E-state index contributed by atoms with van der Waals surface area (Å²) in [7, 11) is 0. The monoisotopic (exact) mass is 228 g/mol. The van der Waals surface area contributed by atoms with Crippen LogP contribution in [-0.4, -0.2) is 9.97 Å². The number of fused-ring (bicyclic) bond motifs is 1. The first-order valence-electron chi connectivity index (χ1n) is 5.02. The molecule has 2 nitrogen and oxygen atoms in total. The third-order valence-corrected chi connectivity index (χ3v) is 2.79. The number of H-pyrrole nitrogens is 1. The van der Waals surface area contributed by atoms with Gasteiger partial charge in [-0.05, 0) is 24.3 Å². The maximum Gasteiger partial charge on any atom is 0.0723 e. The second-order valence-electron chi connectivity index (χ2n) is 3.64. The zero-order chi connectivity index (χ0) is 11.0. The van der Waals surface area contributed by atoms with E-state index in [0.717, 1.165) is 27.2 Å². The van der Waals surface area contributed by atoms with Gasteiger partial charge in [0.05, 0.1) is 5.69 Å². The predicted molar refractivity (Wildman–Crippen MR) is 66.5 cm³/mol. The van der Waals surface area contributed by atoms with Crippen molar-refractivity contribution in [2.24, 2.45) is 0 Å². The Morgan fingerprint density at radius 3 is 2.94 bits per heavy atom. The number of nitrogens with zero attached hydrogens (tertiary/aromatic N) is 1. The molecule has 3 heteroatoms. The maximum atomic E-state index is 5.96. The Hall–Kier alpha value is -1.80. The maximum absolute atomic E-state index is 5.96. The van der Waals surface area contributed by atoms with Crippen LogP contribution in [0.5, 0.6) is 0 Å². The van der Waals surface area contributed by atoms with Crippen LogP contribution in [0.4, 0.5) is 0 Å². The summed E-state index contributed by atoms with van der Waals surface area (Å²) in [4.78, 5) is 7.58. The van der Waals surface area contributed by atoms with Crippen LogP contribution in [0.15, 0.2) is 48.8 Å². The minimum absolute atomic E-state index is 0.728. The van der Waals surface area contributed by atoms with Gasteiger partial charge in [0.2, 0.25) is 0 Å². The molecule has 16 heavy (non-hydrogen) atoms. The molecule has 78 valence electrons. The van der Waals surface area contributed by atoms with E-state index in [1.807, 2.05) is 48.8 Å². The standard InChI is InChI=1S/C13H9ClN2/c14-11-3-1-2-9(6-11)12-7-13-10(8-16-12)4-5-15-13/h1-8,15H. The molecule has 0 aliphatic heterocycles. The number of pyridine rings is 1. The molecule has 0 unspecified atom stereocenters. The molecule has 0 fully saturated rings. The van der Waals surface area contributed by atoms with Gasteiger partial charge >= 0.3 is 0 Å². The second kappa shape index (κ2) is 3.65. The van der Waals surface area contributed by atoms with Crippen LogP contribution >= 0.6 is 11.6 Å². The van der Waals surface area contributed by atoms with Crippen molar-refractivity contribution >= 4 is 22.5 Å². The van der Waals surface area contributed by atoms with Crippen molar-refractivity contribution < 1.29 is 0 Å². The second-order valence-corrected chi connectivity index (χ2v) is 4.08. The third-order valence-electron chi connectivity index (χ3n) is 2.56. The molecule has 3 rings (SSSR count). The SMILES string of the molecule is Clc1cccc(-c2cc3[nH]ccc3cn2)c1. The van der Waals surface area contributed by atoms with Gasteiger partial charge in [0.15, 0.2) is 0 Å². The Morgan fingerprint density at radius 2 is 2.06 bits per heavy atom. The average Bonchev–Trinajstić information content (AvgIpc) is 2.75. The molecule has 0 spiro atoms. The quantitative estimate of drug-likeness (QED) is 0.673. The van der Waals surface area contributed by atoms with Crippen LogP contribution in [0, 0.1) is 0 Å². The van der Waals surface area contributed by atoms with Gasteiger partial charge in [-0.15, -0.1) is 0 Å². The topological polar surface area (TPSA) is 28.7 Å². The summed E-state index contributed by atoms with van der Waals surface area (Å²) < 4.78 is 0. The molecule has 0 amide bonds. The van der Waals surface area contributed by atoms with E-state index in [1.54, 1.807) is 0 Å². The molecule has 0 aliphatic carbocycles. The Bertz CT molecular complexity index is 643. The van der Waals surface area contributed by atoms with Crippen molar-refractivity contribution in [3.05, 3.63) is 53.8 Å². The predicted octanol–water partition coefficient (Wildman–Crippen LogP) is 3.88. The summed E-state index contributed by atoms with van der Waals surface area (Å²) in [5.74, 6) is 0. The Morgan fingerprint density at radius 1 is 1.12 bits per heavy atom. The summed E-state index contributed by atoms with van der Waals surface area (Å²) in [6, 6.07) is 11.7. The molecule has 0 saturated carbocycles. The smallest absolute Gasteiger partial charge is 0.0723 e. The summed E-state index contributed by atoms with van der Waals surface area (Å²) >= 11 is 5.96. The first-order valence-corrected chi connectivity index (χ1v) is 5.40. The number of halogens is 1. The number of aromatic amines is 1. The molecule has 2 aromatic heterocycles. The van der Waals surface area contributed by atoms with Crippen molar-refractivity contribution in [1.29, 1.82) is 0 Å². The van der Waals surface area contributed by atoms with E-state index in [0.29, 0.717) is 0 Å². The zero-order valence-corrected chi connectivity index (χ0v) is 9.20. The minimum Gasteiger partial charge on any atom is -0.361 e. The van der Waals surface area contributed by atoms with Crippen LogP contribution in [0.25, 0.3) is 22.2 Å². The van der Waals surface area contributed by atoms with E-state index in [2.05, 4.69) is 9.97 Å². The van der Waals surface area contributed by atoms with Gasteiger partial charge in [-0.2, -0.15) is 0 Å². The van der Waals surface area contributed by atoms with E-state index in [1.165, 1.54) is 0 Å². The van der Waals surface area contributed by atoms with Gasteiger partial charge in [-0.3, -0.25) is 4.98 Å². The lowest BCUT2D eigenvalue weighted by Crippen LogP contribution is -1.82. The Balaban J connectivity index is 2.18. The summed E-state index contributed by atoms with van der Waals surface area (Å²) in [5, 5.41) is 1.84. The largest absolute Gasteiger partial charge is 0.361 e. The van der Waals surface area contributed by atoms with Crippen molar-refractivity contribution in [1.82, 2.24) is 9.97 Å². The highest BCUT2D eigenvalue weighted by molar-refractivity contribution is 6.30. The van der Waals surface area contributed by atoms with Crippen molar-refractivity contribution in [3.63, 3.8) is 0 Å². The van der Waals surface area contributed by atoms with Crippen LogP contribution in [0.2, 0.25) is 5.02 Å². The minimum atomic E-state index is 0.728. The van der Waals surface area contributed by atoms with Gasteiger partial charge in [0, 0.05) is 33.9 Å². The fourth-order valence-corrected chi connectivity index (χ4v) is 1.94. The molecule has 0 atom stereocenters. The van der Waals surface area contributed by atoms with E-state index >= 15 is 0 Å². The van der Waals surface area contributed by atoms with Gasteiger partial charge in [0.1, 0.15) is 0 Å². The fraction of sp³-hybridized carbons (Fsp3) is 0. The molecule has 3 aromatic rings. The molecule has 1 N–H and O–H groups in total. The highest BCUT2D eigenvalue weighted by Gasteiger charge is 2.02. The van der Waals surface area contributed by atoms with E-state index in [4.69, 9.17) is 11.6 Å². The van der Waals surface area contributed by atoms with Gasteiger partial charge in [0.25, 0.3) is 0 Å². The highest BCUT2D eigenvalue weighted by atomic mass is 35.5. The number of hydrogen-bond donors (Lipinski definition) is 1. The summed E-state index contributed by atoms with van der Waals surface area (Å²) in [6.07, 6.45) is 3.77. The first-order chi connectivity index (χ1) is 7.83. The molecule has 0 bridgehead atoms. The number of benzene rings is 1. The van der Waals surface area contributed by atoms with E-state index in [-0.39, 0.29) is 0 Å². The zero-order valence-electron chi connectivity index (χ0n) is 8.44. The molecule has 1 aromatic carbocycles. The number of rotatable bonds is 1. The van der Waals surface area contributed by atoms with Gasteiger partial charge < -0.3 is 4.98 Å². The van der Waals surface area contributed by atoms with Gasteiger partial charge in [-0.25, -0.2) is 0 Å². The number of nitrogens with one attached hydrogen (secondary N) is 1. The van der Waals surface area contributed by atoms with E-state index in [9.17, 15) is 0 Å². The summed E-state index contributed by atoms with van der Waals surface area (Å²) in [6.45, 7) is 0. The van der Waals surface area contributed by atoms with Crippen LogP contribution in [-0.2, 0) is 0 Å². The molecular weight excluding hydrogens is 220 g/mol. The Kier molecular flexibility index (Phi) is 2.15. The van der Waals surface area contributed by atoms with E-state index < -0.39 is 0 Å². The van der Waals surface area contributed by atoms with Crippen molar-refractivity contribution in [2.45, 2.75) is 0 Å². The highest BCUT2D eigenvalue weighted by Crippen LogP contribution is 2.23. The van der Waals surface area contributed by atoms with Crippen molar-refractivity contribution in [3.8, 4) is 11.3 Å². The fourth-order valence-electron chi connectivity index (χ4n) is 1.75. The number of aromatic nitrogens is 2. The van der Waals surface area contributed by atoms with Crippen LogP contribution in [0.3, 0.4) is 0 Å². The third kappa shape index (κ3) is 1.57. The normalized spacial score (nSPS) is 10.8. The summed E-state index contributed by atoms with van der Waals surface area (Å²) in [5.41, 5.74) is 3.05. The molecule has 0 saturated heterocycles. The lowest BCUT2D eigenvalue weighted by atomic mass is 10.1. The molecular formula is C13H9ClN2. The Labute approximate surface area is 97.9 Å². The van der Waals surface area contributed by atoms with Crippen LogP contribution < -0.4 is 0 Å². The van der Waals surface area contributed by atoms with Gasteiger partial charge in [-0.1, -0.05) is 23.7 Å². The number of hydrogen-bond acceptors (Lipinski definition) is 1. The molecule has 0 aliphatic rings.